The molecule has 0 aromatic rings. The van der Waals surface area contributed by atoms with Crippen molar-refractivity contribution in [3.8, 4) is 0 Å². The van der Waals surface area contributed by atoms with Crippen molar-refractivity contribution in [1.82, 2.24) is 0 Å². The first-order valence-electron chi connectivity index (χ1n) is 5.63. The topological polar surface area (TPSA) is 43.4 Å². The van der Waals surface area contributed by atoms with E-state index in [-0.39, 0.29) is 5.60 Å². The van der Waals surface area contributed by atoms with Crippen LogP contribution < -0.4 is 0 Å². The average Bonchev–Trinajstić information content (AvgIpc) is 2.06. The number of hydrogen-bond acceptors (Lipinski definition) is 3. The fourth-order valence-corrected chi connectivity index (χ4v) is 3.35. The highest BCUT2D eigenvalue weighted by atomic mass is 32.2. The van der Waals surface area contributed by atoms with Gasteiger partial charge in [0.25, 0.3) is 0 Å². The Morgan fingerprint density at radius 3 is 2.20 bits per heavy atom. The second-order valence-corrected chi connectivity index (χ2v) is 7.65. The lowest BCUT2D eigenvalue weighted by Crippen LogP contribution is -2.26. The number of hydrogen-bond donors (Lipinski definition) is 0. The Morgan fingerprint density at radius 2 is 1.73 bits per heavy atom. The highest BCUT2D eigenvalue weighted by molar-refractivity contribution is 7.91. The third-order valence-electron chi connectivity index (χ3n) is 2.74. The van der Waals surface area contributed by atoms with E-state index in [1.807, 2.05) is 20.8 Å². The van der Waals surface area contributed by atoms with Crippen LogP contribution in [0.5, 0.6) is 0 Å². The number of ether oxygens (including phenoxy) is 1. The van der Waals surface area contributed by atoms with Gasteiger partial charge in [-0.25, -0.2) is 8.42 Å². The predicted molar refractivity (Wildman–Crippen MR) is 61.7 cm³/mol. The number of sulfone groups is 1. The fraction of sp³-hybridized carbons (Fsp3) is 1.00. The van der Waals surface area contributed by atoms with Crippen molar-refractivity contribution in [2.75, 3.05) is 18.1 Å². The van der Waals surface area contributed by atoms with E-state index in [1.165, 1.54) is 0 Å². The van der Waals surface area contributed by atoms with Gasteiger partial charge in [0.2, 0.25) is 0 Å². The fourth-order valence-electron chi connectivity index (χ4n) is 1.76. The SMILES string of the molecule is CC(C)(C)OCCC1CCS(=O)(=O)CC1. The molecular formula is C11H22O3S. The zero-order chi connectivity index (χ0) is 11.5. The van der Waals surface area contributed by atoms with E-state index in [0.29, 0.717) is 17.4 Å². The maximum atomic E-state index is 11.2. The van der Waals surface area contributed by atoms with Crippen molar-refractivity contribution in [3.05, 3.63) is 0 Å². The predicted octanol–water partition coefficient (Wildman–Crippen LogP) is 2.02. The summed E-state index contributed by atoms with van der Waals surface area (Å²) in [6.45, 7) is 6.86. The lowest BCUT2D eigenvalue weighted by molar-refractivity contribution is -0.00968. The van der Waals surface area contributed by atoms with Crippen LogP contribution in [0, 0.1) is 5.92 Å². The van der Waals surface area contributed by atoms with E-state index in [9.17, 15) is 8.42 Å². The monoisotopic (exact) mass is 234 g/mol. The lowest BCUT2D eigenvalue weighted by Gasteiger charge is -2.24. The van der Waals surface area contributed by atoms with E-state index in [0.717, 1.165) is 25.9 Å². The van der Waals surface area contributed by atoms with Crippen LogP contribution in [0.1, 0.15) is 40.0 Å². The molecule has 0 aromatic carbocycles. The van der Waals surface area contributed by atoms with Crippen molar-refractivity contribution in [1.29, 1.82) is 0 Å². The van der Waals surface area contributed by atoms with Crippen LogP contribution in [-0.2, 0) is 14.6 Å². The lowest BCUT2D eigenvalue weighted by atomic mass is 9.99. The van der Waals surface area contributed by atoms with Crippen LogP contribution in [0.25, 0.3) is 0 Å². The zero-order valence-electron chi connectivity index (χ0n) is 9.95. The number of rotatable bonds is 3. The Labute approximate surface area is 93.1 Å². The van der Waals surface area contributed by atoms with E-state index in [4.69, 9.17) is 4.74 Å². The molecule has 0 bridgehead atoms. The van der Waals surface area contributed by atoms with Gasteiger partial charge in [-0.2, -0.15) is 0 Å². The summed E-state index contributed by atoms with van der Waals surface area (Å²) >= 11 is 0. The zero-order valence-corrected chi connectivity index (χ0v) is 10.8. The summed E-state index contributed by atoms with van der Waals surface area (Å²) in [6.07, 6.45) is 2.62. The molecule has 1 heterocycles. The average molecular weight is 234 g/mol. The van der Waals surface area contributed by atoms with Gasteiger partial charge >= 0.3 is 0 Å². The summed E-state index contributed by atoms with van der Waals surface area (Å²) in [5.41, 5.74) is -0.0826. The molecule has 1 fully saturated rings. The minimum absolute atomic E-state index is 0.0826. The van der Waals surface area contributed by atoms with Crippen LogP contribution >= 0.6 is 0 Å². The molecule has 3 nitrogen and oxygen atoms in total. The smallest absolute Gasteiger partial charge is 0.150 e. The maximum absolute atomic E-state index is 11.2. The first-order chi connectivity index (χ1) is 6.79. The quantitative estimate of drug-likeness (QED) is 0.750. The largest absolute Gasteiger partial charge is 0.376 e. The minimum Gasteiger partial charge on any atom is -0.376 e. The van der Waals surface area contributed by atoms with E-state index < -0.39 is 9.84 Å². The van der Waals surface area contributed by atoms with Gasteiger partial charge in [0.1, 0.15) is 9.84 Å². The summed E-state index contributed by atoms with van der Waals surface area (Å²) in [5.74, 6) is 1.27. The van der Waals surface area contributed by atoms with Crippen LogP contribution in [0.15, 0.2) is 0 Å². The van der Waals surface area contributed by atoms with E-state index in [2.05, 4.69) is 0 Å². The third-order valence-corrected chi connectivity index (χ3v) is 4.45. The Hall–Kier alpha value is -0.0900. The second-order valence-electron chi connectivity index (χ2n) is 5.34. The van der Waals surface area contributed by atoms with Gasteiger partial charge in [0, 0.05) is 6.61 Å². The van der Waals surface area contributed by atoms with Crippen molar-refractivity contribution >= 4 is 9.84 Å². The van der Waals surface area contributed by atoms with Gasteiger partial charge in [-0.1, -0.05) is 0 Å². The summed E-state index contributed by atoms with van der Waals surface area (Å²) < 4.78 is 28.0. The molecule has 0 amide bonds. The van der Waals surface area contributed by atoms with Crippen molar-refractivity contribution in [3.63, 3.8) is 0 Å². The molecule has 4 heteroatoms. The molecule has 1 rings (SSSR count). The summed E-state index contributed by atoms with van der Waals surface area (Å²) in [5, 5.41) is 0. The summed E-state index contributed by atoms with van der Waals surface area (Å²) in [6, 6.07) is 0. The molecule has 1 saturated heterocycles. The second kappa shape index (κ2) is 4.83. The first-order valence-corrected chi connectivity index (χ1v) is 7.45. The van der Waals surface area contributed by atoms with Gasteiger partial charge in [0.15, 0.2) is 0 Å². The molecule has 1 aliphatic rings. The molecule has 0 saturated carbocycles. The van der Waals surface area contributed by atoms with E-state index in [1.54, 1.807) is 0 Å². The first kappa shape index (κ1) is 13.0. The third kappa shape index (κ3) is 5.52. The van der Waals surface area contributed by atoms with Gasteiger partial charge in [-0.05, 0) is 46.0 Å². The highest BCUT2D eigenvalue weighted by Gasteiger charge is 2.23. The van der Waals surface area contributed by atoms with Crippen LogP contribution in [0.4, 0.5) is 0 Å². The van der Waals surface area contributed by atoms with Crippen LogP contribution in [0.2, 0.25) is 0 Å². The molecule has 0 aromatic heterocycles. The summed E-state index contributed by atoms with van der Waals surface area (Å²) in [4.78, 5) is 0. The van der Waals surface area contributed by atoms with Gasteiger partial charge in [0.05, 0.1) is 17.1 Å². The standard InChI is InChI=1S/C11H22O3S/c1-11(2,3)14-7-4-10-5-8-15(12,13)9-6-10/h10H,4-9H2,1-3H3. The molecule has 0 N–H and O–H groups in total. The molecule has 0 radical (unpaired) electrons. The molecule has 15 heavy (non-hydrogen) atoms. The maximum Gasteiger partial charge on any atom is 0.150 e. The Bertz CT molecular complexity index is 273. The molecule has 0 unspecified atom stereocenters. The molecule has 90 valence electrons. The molecular weight excluding hydrogens is 212 g/mol. The molecule has 0 aliphatic carbocycles. The Kier molecular flexibility index (Phi) is 4.18. The van der Waals surface area contributed by atoms with Crippen molar-refractivity contribution in [2.45, 2.75) is 45.6 Å². The highest BCUT2D eigenvalue weighted by Crippen LogP contribution is 2.22. The van der Waals surface area contributed by atoms with Crippen molar-refractivity contribution in [2.24, 2.45) is 5.92 Å². The molecule has 0 spiro atoms. The van der Waals surface area contributed by atoms with Gasteiger partial charge in [-0.3, -0.25) is 0 Å². The normalized spacial score (nSPS) is 22.9. The Balaban J connectivity index is 2.20. The van der Waals surface area contributed by atoms with Gasteiger partial charge in [-0.15, -0.1) is 0 Å². The van der Waals surface area contributed by atoms with Gasteiger partial charge < -0.3 is 4.74 Å². The summed E-state index contributed by atoms with van der Waals surface area (Å²) in [7, 11) is -2.71. The molecule has 0 atom stereocenters. The molecule has 1 aliphatic heterocycles. The van der Waals surface area contributed by atoms with Crippen LogP contribution in [-0.4, -0.2) is 32.1 Å². The van der Waals surface area contributed by atoms with Crippen LogP contribution in [0.3, 0.4) is 0 Å². The minimum atomic E-state index is -2.71. The Morgan fingerprint density at radius 1 is 1.20 bits per heavy atom. The van der Waals surface area contributed by atoms with E-state index >= 15 is 0 Å². The van der Waals surface area contributed by atoms with Crippen molar-refractivity contribution < 1.29 is 13.2 Å².